The van der Waals surface area contributed by atoms with Crippen molar-refractivity contribution in [3.05, 3.63) is 28.3 Å². The van der Waals surface area contributed by atoms with Gasteiger partial charge in [0.2, 0.25) is 0 Å². The van der Waals surface area contributed by atoms with Gasteiger partial charge >= 0.3 is 5.69 Å². The normalized spacial score (nSPS) is 19.3. The zero-order valence-corrected chi connectivity index (χ0v) is 10.2. The fraction of sp³-hybridized carbons (Fsp3) is 0.500. The van der Waals surface area contributed by atoms with Crippen molar-refractivity contribution in [1.82, 2.24) is 0 Å². The van der Waals surface area contributed by atoms with Crippen LogP contribution in [0.4, 0.5) is 11.4 Å². The summed E-state index contributed by atoms with van der Waals surface area (Å²) >= 11 is 0. The second-order valence-electron chi connectivity index (χ2n) is 4.17. The molecule has 0 saturated carbocycles. The summed E-state index contributed by atoms with van der Waals surface area (Å²) in [5.74, 6) is 0.265. The fourth-order valence-corrected chi connectivity index (χ4v) is 2.07. The molecule has 0 radical (unpaired) electrons. The highest BCUT2D eigenvalue weighted by Gasteiger charge is 2.23. The number of methoxy groups -OCH3 is 1. The van der Waals surface area contributed by atoms with E-state index in [2.05, 4.69) is 5.32 Å². The van der Waals surface area contributed by atoms with Gasteiger partial charge in [-0.05, 0) is 25.0 Å². The molecule has 1 unspecified atom stereocenters. The average molecular weight is 252 g/mol. The first-order chi connectivity index (χ1) is 8.72. The van der Waals surface area contributed by atoms with Crippen molar-refractivity contribution >= 4 is 11.4 Å². The van der Waals surface area contributed by atoms with Crippen LogP contribution >= 0.6 is 0 Å². The van der Waals surface area contributed by atoms with Crippen molar-refractivity contribution in [3.8, 4) is 5.75 Å². The number of nitro groups is 1. The zero-order valence-electron chi connectivity index (χ0n) is 10.2. The van der Waals surface area contributed by atoms with E-state index in [4.69, 9.17) is 9.47 Å². The lowest BCUT2D eigenvalue weighted by Gasteiger charge is -2.24. The molecule has 1 fully saturated rings. The number of nitrogens with zero attached hydrogens (tertiary/aromatic N) is 1. The maximum absolute atomic E-state index is 11.1. The minimum absolute atomic E-state index is 0.0226. The van der Waals surface area contributed by atoms with E-state index in [1.54, 1.807) is 18.2 Å². The molecule has 0 aromatic heterocycles. The Balaban J connectivity index is 2.23. The molecular formula is C12H16N2O4. The summed E-state index contributed by atoms with van der Waals surface area (Å²) in [6.45, 7) is 1.34. The first-order valence-corrected chi connectivity index (χ1v) is 5.88. The molecule has 1 aromatic carbocycles. The van der Waals surface area contributed by atoms with Gasteiger partial charge in [0.15, 0.2) is 5.75 Å². The van der Waals surface area contributed by atoms with Gasteiger partial charge in [-0.25, -0.2) is 0 Å². The largest absolute Gasteiger partial charge is 0.490 e. The van der Waals surface area contributed by atoms with Crippen molar-refractivity contribution in [1.29, 1.82) is 0 Å². The second-order valence-corrected chi connectivity index (χ2v) is 4.17. The molecule has 0 aliphatic carbocycles. The molecule has 0 amide bonds. The first-order valence-electron chi connectivity index (χ1n) is 5.88. The van der Waals surface area contributed by atoms with Crippen LogP contribution in [0.5, 0.6) is 5.75 Å². The van der Waals surface area contributed by atoms with Crippen LogP contribution in [0.2, 0.25) is 0 Å². The number of nitro benzene ring substituents is 1. The zero-order chi connectivity index (χ0) is 13.0. The second kappa shape index (κ2) is 5.68. The van der Waals surface area contributed by atoms with Gasteiger partial charge < -0.3 is 14.8 Å². The number of para-hydroxylation sites is 1. The molecule has 1 aliphatic heterocycles. The van der Waals surface area contributed by atoms with E-state index in [0.29, 0.717) is 12.3 Å². The average Bonchev–Trinajstić information content (AvgIpc) is 2.39. The van der Waals surface area contributed by atoms with Gasteiger partial charge in [0.05, 0.1) is 18.6 Å². The van der Waals surface area contributed by atoms with Crippen LogP contribution in [0, 0.1) is 10.1 Å². The number of benzene rings is 1. The molecule has 18 heavy (non-hydrogen) atoms. The molecule has 1 aromatic rings. The Morgan fingerprint density at radius 3 is 3.00 bits per heavy atom. The third kappa shape index (κ3) is 2.70. The smallest absolute Gasteiger partial charge is 0.333 e. The number of hydrogen-bond donors (Lipinski definition) is 1. The van der Waals surface area contributed by atoms with E-state index < -0.39 is 4.92 Å². The molecule has 1 saturated heterocycles. The maximum Gasteiger partial charge on any atom is 0.333 e. The lowest BCUT2D eigenvalue weighted by atomic mass is 10.1. The van der Waals surface area contributed by atoms with Crippen LogP contribution in [0.15, 0.2) is 18.2 Å². The van der Waals surface area contributed by atoms with Gasteiger partial charge in [-0.15, -0.1) is 0 Å². The van der Waals surface area contributed by atoms with E-state index in [0.717, 1.165) is 19.4 Å². The molecule has 1 atom stereocenters. The monoisotopic (exact) mass is 252 g/mol. The first kappa shape index (κ1) is 12.6. The summed E-state index contributed by atoms with van der Waals surface area (Å²) in [4.78, 5) is 10.7. The van der Waals surface area contributed by atoms with E-state index in [9.17, 15) is 10.1 Å². The Bertz CT molecular complexity index is 430. The van der Waals surface area contributed by atoms with Gasteiger partial charge in [-0.2, -0.15) is 0 Å². The fourth-order valence-electron chi connectivity index (χ4n) is 2.07. The molecule has 98 valence electrons. The minimum atomic E-state index is -0.426. The van der Waals surface area contributed by atoms with Crippen LogP contribution in [-0.2, 0) is 4.74 Å². The maximum atomic E-state index is 11.1. The van der Waals surface area contributed by atoms with Crippen LogP contribution < -0.4 is 10.1 Å². The van der Waals surface area contributed by atoms with Crippen LogP contribution in [0.1, 0.15) is 12.8 Å². The van der Waals surface area contributed by atoms with Crippen molar-refractivity contribution in [2.24, 2.45) is 0 Å². The molecule has 1 heterocycles. The summed E-state index contributed by atoms with van der Waals surface area (Å²) < 4.78 is 10.4. The number of ether oxygens (including phenoxy) is 2. The summed E-state index contributed by atoms with van der Waals surface area (Å²) in [5, 5.41) is 14.3. The van der Waals surface area contributed by atoms with Gasteiger partial charge in [-0.1, -0.05) is 6.07 Å². The van der Waals surface area contributed by atoms with E-state index in [-0.39, 0.29) is 17.5 Å². The lowest BCUT2D eigenvalue weighted by molar-refractivity contribution is -0.384. The number of nitrogens with one attached hydrogen (secondary N) is 1. The predicted molar refractivity (Wildman–Crippen MR) is 67.1 cm³/mol. The highest BCUT2D eigenvalue weighted by Crippen LogP contribution is 2.35. The Kier molecular flexibility index (Phi) is 3.99. The highest BCUT2D eigenvalue weighted by molar-refractivity contribution is 5.68. The summed E-state index contributed by atoms with van der Waals surface area (Å²) in [7, 11) is 1.43. The standard InChI is InChI=1S/C12H16N2O4/c1-17-11-6-2-5-10(12(11)14(15)16)13-9-4-3-7-18-8-9/h2,5-6,9,13H,3-4,7-8H2,1H3. The topological polar surface area (TPSA) is 73.6 Å². The Labute approximate surface area is 105 Å². The minimum Gasteiger partial charge on any atom is -0.490 e. The third-order valence-electron chi connectivity index (χ3n) is 2.92. The van der Waals surface area contributed by atoms with Crippen LogP contribution in [-0.4, -0.2) is 31.3 Å². The Morgan fingerprint density at radius 1 is 1.56 bits per heavy atom. The van der Waals surface area contributed by atoms with Crippen LogP contribution in [0.3, 0.4) is 0 Å². The molecule has 0 spiro atoms. The highest BCUT2D eigenvalue weighted by atomic mass is 16.6. The van der Waals surface area contributed by atoms with Gasteiger partial charge in [0.1, 0.15) is 5.69 Å². The van der Waals surface area contributed by atoms with E-state index >= 15 is 0 Å². The van der Waals surface area contributed by atoms with E-state index in [1.807, 2.05) is 0 Å². The molecule has 6 nitrogen and oxygen atoms in total. The summed E-state index contributed by atoms with van der Waals surface area (Å²) in [6, 6.07) is 5.12. The molecular weight excluding hydrogens is 236 g/mol. The van der Waals surface area contributed by atoms with Crippen molar-refractivity contribution < 1.29 is 14.4 Å². The number of anilines is 1. The third-order valence-corrected chi connectivity index (χ3v) is 2.92. The summed E-state index contributed by atoms with van der Waals surface area (Å²) in [6.07, 6.45) is 1.92. The lowest BCUT2D eigenvalue weighted by Crippen LogP contribution is -2.30. The van der Waals surface area contributed by atoms with Crippen LogP contribution in [0.25, 0.3) is 0 Å². The summed E-state index contributed by atoms with van der Waals surface area (Å²) in [5.41, 5.74) is 0.459. The molecule has 1 aliphatic rings. The molecule has 0 bridgehead atoms. The quantitative estimate of drug-likeness (QED) is 0.656. The van der Waals surface area contributed by atoms with E-state index in [1.165, 1.54) is 7.11 Å². The number of hydrogen-bond acceptors (Lipinski definition) is 5. The predicted octanol–water partition coefficient (Wildman–Crippen LogP) is 2.19. The Morgan fingerprint density at radius 2 is 2.39 bits per heavy atom. The number of rotatable bonds is 4. The van der Waals surface area contributed by atoms with Crippen molar-refractivity contribution in [3.63, 3.8) is 0 Å². The molecule has 6 heteroatoms. The van der Waals surface area contributed by atoms with Gasteiger partial charge in [-0.3, -0.25) is 10.1 Å². The Hall–Kier alpha value is -1.82. The molecule has 1 N–H and O–H groups in total. The van der Waals surface area contributed by atoms with Gasteiger partial charge in [0.25, 0.3) is 0 Å². The SMILES string of the molecule is COc1cccc(NC2CCCOC2)c1[N+](=O)[O-]. The molecule has 2 rings (SSSR count). The van der Waals surface area contributed by atoms with Crippen molar-refractivity contribution in [2.45, 2.75) is 18.9 Å². The van der Waals surface area contributed by atoms with Crippen molar-refractivity contribution in [2.75, 3.05) is 25.6 Å². The van der Waals surface area contributed by atoms with Gasteiger partial charge in [0, 0.05) is 12.6 Å².